The van der Waals surface area contributed by atoms with E-state index in [1.54, 1.807) is 0 Å². The third-order valence-corrected chi connectivity index (χ3v) is 5.16. The number of aryl methyl sites for hydroxylation is 2. The van der Waals surface area contributed by atoms with Crippen LogP contribution in [-0.4, -0.2) is 10.9 Å². The second kappa shape index (κ2) is 7.04. The Labute approximate surface area is 159 Å². The van der Waals surface area contributed by atoms with Crippen molar-refractivity contribution < 1.29 is 4.79 Å². The zero-order valence-corrected chi connectivity index (χ0v) is 16.7. The summed E-state index contributed by atoms with van der Waals surface area (Å²) in [5.74, 6) is -0.132. The number of benzene rings is 2. The summed E-state index contributed by atoms with van der Waals surface area (Å²) in [6, 6.07) is 14.1. The maximum absolute atomic E-state index is 12.5. The Kier molecular flexibility index (Phi) is 4.97. The van der Waals surface area contributed by atoms with Gasteiger partial charge in [0.15, 0.2) is 5.13 Å². The molecule has 0 unspecified atom stereocenters. The van der Waals surface area contributed by atoms with Gasteiger partial charge in [-0.1, -0.05) is 50.6 Å². The van der Waals surface area contributed by atoms with Crippen molar-refractivity contribution in [1.29, 1.82) is 0 Å². The van der Waals surface area contributed by atoms with Crippen LogP contribution in [0.5, 0.6) is 0 Å². The van der Waals surface area contributed by atoms with Crippen molar-refractivity contribution in [2.45, 2.75) is 40.0 Å². The quantitative estimate of drug-likeness (QED) is 0.621. The first kappa shape index (κ1) is 18.3. The van der Waals surface area contributed by atoms with E-state index >= 15 is 0 Å². The van der Waals surface area contributed by atoms with Crippen LogP contribution in [0.1, 0.15) is 47.8 Å². The fourth-order valence-corrected chi connectivity index (χ4v) is 3.46. The number of nitrogens with one attached hydrogen (secondary N) is 1. The van der Waals surface area contributed by atoms with E-state index in [0.717, 1.165) is 11.3 Å². The fraction of sp³-hybridized carbons (Fsp3) is 0.273. The van der Waals surface area contributed by atoms with Crippen LogP contribution in [0.3, 0.4) is 0 Å². The molecule has 1 aromatic heterocycles. The molecule has 0 aliphatic rings. The molecule has 3 aromatic rings. The molecular formula is C22H24N2OS. The number of nitrogens with zero attached hydrogens (tertiary/aromatic N) is 1. The molecule has 1 amide bonds. The van der Waals surface area contributed by atoms with Crippen molar-refractivity contribution in [3.05, 3.63) is 70.1 Å². The second-order valence-corrected chi connectivity index (χ2v) is 8.50. The maximum atomic E-state index is 12.5. The number of carbonyl (C=O) groups is 1. The molecule has 0 spiro atoms. The average Bonchev–Trinajstić information content (AvgIpc) is 3.04. The molecule has 1 heterocycles. The van der Waals surface area contributed by atoms with E-state index in [0.29, 0.717) is 10.7 Å². The Morgan fingerprint density at radius 2 is 1.73 bits per heavy atom. The van der Waals surface area contributed by atoms with Gasteiger partial charge in [0.05, 0.1) is 5.69 Å². The van der Waals surface area contributed by atoms with Crippen LogP contribution in [0.2, 0.25) is 0 Å². The molecule has 3 rings (SSSR count). The molecule has 0 saturated carbocycles. The van der Waals surface area contributed by atoms with E-state index in [2.05, 4.69) is 63.1 Å². The Morgan fingerprint density at radius 1 is 1.04 bits per heavy atom. The summed E-state index contributed by atoms with van der Waals surface area (Å²) in [5.41, 5.74) is 6.30. The van der Waals surface area contributed by atoms with Gasteiger partial charge in [-0.2, -0.15) is 0 Å². The maximum Gasteiger partial charge on any atom is 0.257 e. The Balaban J connectivity index is 1.77. The van der Waals surface area contributed by atoms with Gasteiger partial charge in [0.1, 0.15) is 0 Å². The summed E-state index contributed by atoms with van der Waals surface area (Å²) in [4.78, 5) is 17.1. The van der Waals surface area contributed by atoms with Crippen molar-refractivity contribution in [1.82, 2.24) is 4.98 Å². The normalized spacial score (nSPS) is 11.4. The molecule has 1 N–H and O–H groups in total. The molecule has 0 saturated heterocycles. The van der Waals surface area contributed by atoms with E-state index in [-0.39, 0.29) is 11.3 Å². The number of hydrogen-bond acceptors (Lipinski definition) is 3. The summed E-state index contributed by atoms with van der Waals surface area (Å²) >= 11 is 1.45. The van der Waals surface area contributed by atoms with Crippen LogP contribution in [0.4, 0.5) is 5.13 Å². The number of amides is 1. The van der Waals surface area contributed by atoms with Gasteiger partial charge in [-0.05, 0) is 48.6 Å². The highest BCUT2D eigenvalue weighted by atomic mass is 32.1. The minimum absolute atomic E-state index is 0.0743. The highest BCUT2D eigenvalue weighted by molar-refractivity contribution is 7.14. The van der Waals surface area contributed by atoms with Crippen LogP contribution in [0.15, 0.2) is 47.8 Å². The zero-order valence-electron chi connectivity index (χ0n) is 15.9. The smallest absolute Gasteiger partial charge is 0.257 e. The standard InChI is InChI=1S/C22H24N2OS/c1-14-6-7-15(2)18(12-14)19-13-26-21(23-19)24-20(25)16-8-10-17(11-9-16)22(3,4)5/h6-13H,1-5H3,(H,23,24,25). The lowest BCUT2D eigenvalue weighted by atomic mass is 9.87. The molecule has 0 fully saturated rings. The van der Waals surface area contributed by atoms with E-state index in [9.17, 15) is 4.79 Å². The van der Waals surface area contributed by atoms with Crippen LogP contribution in [0, 0.1) is 13.8 Å². The molecule has 0 aliphatic carbocycles. The summed E-state index contributed by atoms with van der Waals surface area (Å²) in [7, 11) is 0. The molecule has 26 heavy (non-hydrogen) atoms. The minimum atomic E-state index is -0.132. The second-order valence-electron chi connectivity index (χ2n) is 7.64. The monoisotopic (exact) mass is 364 g/mol. The van der Waals surface area contributed by atoms with E-state index in [1.165, 1.54) is 28.0 Å². The predicted molar refractivity (Wildman–Crippen MR) is 110 cm³/mol. The van der Waals surface area contributed by atoms with E-state index in [4.69, 9.17) is 0 Å². The third-order valence-electron chi connectivity index (χ3n) is 4.41. The van der Waals surface area contributed by atoms with Crippen molar-refractivity contribution in [3.63, 3.8) is 0 Å². The van der Waals surface area contributed by atoms with E-state index < -0.39 is 0 Å². The number of aromatic nitrogens is 1. The molecule has 3 nitrogen and oxygen atoms in total. The number of thiazole rings is 1. The van der Waals surface area contributed by atoms with Gasteiger partial charge >= 0.3 is 0 Å². The lowest BCUT2D eigenvalue weighted by Gasteiger charge is -2.18. The number of hydrogen-bond donors (Lipinski definition) is 1. The van der Waals surface area contributed by atoms with Crippen molar-refractivity contribution in [2.75, 3.05) is 5.32 Å². The van der Waals surface area contributed by atoms with Crippen molar-refractivity contribution in [3.8, 4) is 11.3 Å². The molecule has 134 valence electrons. The molecule has 0 atom stereocenters. The van der Waals surface area contributed by atoms with Crippen LogP contribution < -0.4 is 5.32 Å². The lowest BCUT2D eigenvalue weighted by molar-refractivity contribution is 0.102. The van der Waals surface area contributed by atoms with Crippen molar-refractivity contribution >= 4 is 22.4 Å². The third kappa shape index (κ3) is 4.02. The van der Waals surface area contributed by atoms with Gasteiger partial charge in [0.25, 0.3) is 5.91 Å². The van der Waals surface area contributed by atoms with Crippen LogP contribution in [-0.2, 0) is 5.41 Å². The zero-order chi connectivity index (χ0) is 18.9. The van der Waals surface area contributed by atoms with Gasteiger partial charge in [-0.25, -0.2) is 4.98 Å². The van der Waals surface area contributed by atoms with Gasteiger partial charge in [0.2, 0.25) is 0 Å². The number of carbonyl (C=O) groups excluding carboxylic acids is 1. The highest BCUT2D eigenvalue weighted by Crippen LogP contribution is 2.28. The van der Waals surface area contributed by atoms with Crippen molar-refractivity contribution in [2.24, 2.45) is 0 Å². The molecule has 0 bridgehead atoms. The SMILES string of the molecule is Cc1ccc(C)c(-c2csc(NC(=O)c3ccc(C(C)(C)C)cc3)n2)c1. The molecule has 0 radical (unpaired) electrons. The molecule has 4 heteroatoms. The van der Waals surface area contributed by atoms with Gasteiger partial charge in [-0.15, -0.1) is 11.3 Å². The van der Waals surface area contributed by atoms with Gasteiger partial charge in [0, 0.05) is 16.5 Å². The Hall–Kier alpha value is -2.46. The molecule has 0 aliphatic heterocycles. The predicted octanol–water partition coefficient (Wildman–Crippen LogP) is 5.98. The highest BCUT2D eigenvalue weighted by Gasteiger charge is 2.15. The van der Waals surface area contributed by atoms with Gasteiger partial charge in [-0.3, -0.25) is 10.1 Å². The summed E-state index contributed by atoms with van der Waals surface area (Å²) < 4.78 is 0. The largest absolute Gasteiger partial charge is 0.298 e. The Bertz CT molecular complexity index is 934. The lowest BCUT2D eigenvalue weighted by Crippen LogP contribution is -2.14. The first-order chi connectivity index (χ1) is 12.2. The molecular weight excluding hydrogens is 340 g/mol. The minimum Gasteiger partial charge on any atom is -0.298 e. The summed E-state index contributed by atoms with van der Waals surface area (Å²) in [6.45, 7) is 10.6. The topological polar surface area (TPSA) is 42.0 Å². The summed E-state index contributed by atoms with van der Waals surface area (Å²) in [6.07, 6.45) is 0. The van der Waals surface area contributed by atoms with E-state index in [1.807, 2.05) is 29.6 Å². The first-order valence-electron chi connectivity index (χ1n) is 8.69. The number of rotatable bonds is 3. The first-order valence-corrected chi connectivity index (χ1v) is 9.57. The Morgan fingerprint density at radius 3 is 2.38 bits per heavy atom. The van der Waals surface area contributed by atoms with Crippen LogP contribution >= 0.6 is 11.3 Å². The molecule has 2 aromatic carbocycles. The fourth-order valence-electron chi connectivity index (χ4n) is 2.76. The summed E-state index contributed by atoms with van der Waals surface area (Å²) in [5, 5.41) is 5.51. The average molecular weight is 365 g/mol. The van der Waals surface area contributed by atoms with Gasteiger partial charge < -0.3 is 0 Å². The number of anilines is 1. The van der Waals surface area contributed by atoms with Crippen LogP contribution in [0.25, 0.3) is 11.3 Å².